The summed E-state index contributed by atoms with van der Waals surface area (Å²) in [7, 11) is -2.12. The lowest BCUT2D eigenvalue weighted by molar-refractivity contribution is -0.118. The van der Waals surface area contributed by atoms with Crippen molar-refractivity contribution < 1.29 is 17.9 Å². The van der Waals surface area contributed by atoms with Crippen LogP contribution < -0.4 is 10.1 Å². The molecule has 0 fully saturated rings. The standard InChI is InChI=1S/C21H21N3O4S2/c1-15-3-9-18(10-4-15)30(26,27)21-12-11-20(23-24-21)29-14-19(25)22-13-16-5-7-17(28-2)8-6-16/h3-12H,13-14H2,1-2H3,(H,22,25). The van der Waals surface area contributed by atoms with Crippen molar-refractivity contribution in [1.82, 2.24) is 15.5 Å². The quantitative estimate of drug-likeness (QED) is 0.534. The molecule has 9 heteroatoms. The summed E-state index contributed by atoms with van der Waals surface area (Å²) in [6.07, 6.45) is 0. The molecule has 0 bridgehead atoms. The highest BCUT2D eigenvalue weighted by atomic mass is 32.2. The van der Waals surface area contributed by atoms with E-state index in [9.17, 15) is 13.2 Å². The summed E-state index contributed by atoms with van der Waals surface area (Å²) >= 11 is 1.19. The molecule has 0 radical (unpaired) electrons. The Labute approximate surface area is 179 Å². The van der Waals surface area contributed by atoms with Gasteiger partial charge in [0.05, 0.1) is 17.8 Å². The molecule has 7 nitrogen and oxygen atoms in total. The van der Waals surface area contributed by atoms with Gasteiger partial charge in [0.25, 0.3) is 0 Å². The summed E-state index contributed by atoms with van der Waals surface area (Å²) in [5, 5.41) is 10.9. The van der Waals surface area contributed by atoms with Crippen LogP contribution in [-0.2, 0) is 21.2 Å². The average Bonchev–Trinajstić information content (AvgIpc) is 2.77. The maximum Gasteiger partial charge on any atom is 0.230 e. The summed E-state index contributed by atoms with van der Waals surface area (Å²) in [5.41, 5.74) is 1.93. The fourth-order valence-corrected chi connectivity index (χ4v) is 4.28. The van der Waals surface area contributed by atoms with Crippen molar-refractivity contribution in [2.24, 2.45) is 0 Å². The average molecular weight is 444 g/mol. The maximum atomic E-state index is 12.6. The van der Waals surface area contributed by atoms with E-state index in [1.165, 1.54) is 17.8 Å². The number of sulfone groups is 1. The summed E-state index contributed by atoms with van der Waals surface area (Å²) in [6, 6.07) is 16.9. The van der Waals surface area contributed by atoms with Gasteiger partial charge in [-0.3, -0.25) is 4.79 Å². The first-order chi connectivity index (χ1) is 14.4. The van der Waals surface area contributed by atoms with Crippen molar-refractivity contribution in [3.05, 3.63) is 71.8 Å². The number of aryl methyl sites for hydroxylation is 1. The summed E-state index contributed by atoms with van der Waals surface area (Å²) in [4.78, 5) is 12.2. The molecule has 2 aromatic carbocycles. The van der Waals surface area contributed by atoms with Crippen LogP contribution in [0.2, 0.25) is 0 Å². The number of methoxy groups -OCH3 is 1. The number of nitrogens with one attached hydrogen (secondary N) is 1. The van der Waals surface area contributed by atoms with Crippen molar-refractivity contribution in [2.45, 2.75) is 28.4 Å². The van der Waals surface area contributed by atoms with Crippen LogP contribution in [0.4, 0.5) is 0 Å². The lowest BCUT2D eigenvalue weighted by Gasteiger charge is -2.07. The van der Waals surface area contributed by atoms with Crippen molar-refractivity contribution in [3.8, 4) is 5.75 Å². The molecule has 0 aliphatic heterocycles. The van der Waals surface area contributed by atoms with Gasteiger partial charge in [-0.05, 0) is 48.9 Å². The Morgan fingerprint density at radius 3 is 2.30 bits per heavy atom. The van der Waals surface area contributed by atoms with E-state index in [0.717, 1.165) is 16.9 Å². The molecule has 0 atom stereocenters. The first kappa shape index (κ1) is 21.8. The van der Waals surface area contributed by atoms with Gasteiger partial charge in [-0.2, -0.15) is 0 Å². The molecule has 3 rings (SSSR count). The smallest absolute Gasteiger partial charge is 0.230 e. The molecular weight excluding hydrogens is 422 g/mol. The molecule has 0 aliphatic rings. The second-order valence-electron chi connectivity index (χ2n) is 6.44. The first-order valence-electron chi connectivity index (χ1n) is 9.06. The molecule has 0 spiro atoms. The third kappa shape index (κ3) is 5.58. The number of benzene rings is 2. The second kappa shape index (κ2) is 9.73. The van der Waals surface area contributed by atoms with Gasteiger partial charge in [-0.15, -0.1) is 10.2 Å². The third-order valence-electron chi connectivity index (χ3n) is 4.22. The van der Waals surface area contributed by atoms with E-state index < -0.39 is 9.84 Å². The molecule has 156 valence electrons. The molecule has 1 amide bonds. The topological polar surface area (TPSA) is 98.2 Å². The molecule has 30 heavy (non-hydrogen) atoms. The summed E-state index contributed by atoms with van der Waals surface area (Å²) in [6.45, 7) is 2.29. The van der Waals surface area contributed by atoms with Crippen LogP contribution in [0.1, 0.15) is 11.1 Å². The summed E-state index contributed by atoms with van der Waals surface area (Å²) < 4.78 is 30.3. The van der Waals surface area contributed by atoms with Gasteiger partial charge in [-0.1, -0.05) is 41.6 Å². The monoisotopic (exact) mass is 443 g/mol. The van der Waals surface area contributed by atoms with E-state index in [1.54, 1.807) is 37.4 Å². The molecule has 0 unspecified atom stereocenters. The third-order valence-corrected chi connectivity index (χ3v) is 6.80. The number of thioether (sulfide) groups is 1. The number of hydrogen-bond donors (Lipinski definition) is 1. The van der Waals surface area contributed by atoms with E-state index in [2.05, 4.69) is 15.5 Å². The Balaban J connectivity index is 1.53. The fourth-order valence-electron chi connectivity index (χ4n) is 2.50. The number of ether oxygens (including phenoxy) is 1. The van der Waals surface area contributed by atoms with Crippen LogP contribution in [-0.4, -0.2) is 37.4 Å². The Bertz CT molecular complexity index is 1100. The van der Waals surface area contributed by atoms with Crippen LogP contribution >= 0.6 is 11.8 Å². The molecule has 1 N–H and O–H groups in total. The predicted molar refractivity (Wildman–Crippen MR) is 114 cm³/mol. The molecule has 0 saturated heterocycles. The number of amides is 1. The van der Waals surface area contributed by atoms with Crippen molar-refractivity contribution in [2.75, 3.05) is 12.9 Å². The van der Waals surface area contributed by atoms with Crippen LogP contribution in [0.3, 0.4) is 0 Å². The van der Waals surface area contributed by atoms with Gasteiger partial charge in [0, 0.05) is 6.54 Å². The molecule has 0 aliphatic carbocycles. The first-order valence-corrected chi connectivity index (χ1v) is 11.5. The highest BCUT2D eigenvalue weighted by molar-refractivity contribution is 7.99. The number of nitrogens with zero attached hydrogens (tertiary/aromatic N) is 2. The lowest BCUT2D eigenvalue weighted by atomic mass is 10.2. The van der Waals surface area contributed by atoms with E-state index in [1.807, 2.05) is 31.2 Å². The molecule has 3 aromatic rings. The Kier molecular flexibility index (Phi) is 7.07. The zero-order valence-electron chi connectivity index (χ0n) is 16.5. The highest BCUT2D eigenvalue weighted by Gasteiger charge is 2.19. The van der Waals surface area contributed by atoms with Crippen molar-refractivity contribution in [3.63, 3.8) is 0 Å². The molecule has 1 aromatic heterocycles. The Hall–Kier alpha value is -2.91. The largest absolute Gasteiger partial charge is 0.497 e. The molecule has 0 saturated carbocycles. The van der Waals surface area contributed by atoms with Gasteiger partial charge in [-0.25, -0.2) is 8.42 Å². The zero-order chi connectivity index (χ0) is 21.6. The minimum atomic E-state index is -3.72. The molecule has 1 heterocycles. The van der Waals surface area contributed by atoms with Crippen LogP contribution in [0.25, 0.3) is 0 Å². The number of aromatic nitrogens is 2. The van der Waals surface area contributed by atoms with Gasteiger partial charge in [0.1, 0.15) is 10.8 Å². The van der Waals surface area contributed by atoms with Crippen LogP contribution in [0, 0.1) is 6.92 Å². The lowest BCUT2D eigenvalue weighted by Crippen LogP contribution is -2.24. The van der Waals surface area contributed by atoms with Crippen molar-refractivity contribution >= 4 is 27.5 Å². The van der Waals surface area contributed by atoms with Crippen LogP contribution in [0.5, 0.6) is 5.75 Å². The zero-order valence-corrected chi connectivity index (χ0v) is 18.2. The number of hydrogen-bond acceptors (Lipinski definition) is 7. The highest BCUT2D eigenvalue weighted by Crippen LogP contribution is 2.21. The normalized spacial score (nSPS) is 11.1. The Morgan fingerprint density at radius 1 is 1.00 bits per heavy atom. The van der Waals surface area contributed by atoms with Gasteiger partial charge >= 0.3 is 0 Å². The predicted octanol–water partition coefficient (Wildman–Crippen LogP) is 3.03. The maximum absolute atomic E-state index is 12.6. The van der Waals surface area contributed by atoms with E-state index in [-0.39, 0.29) is 21.6 Å². The Morgan fingerprint density at radius 2 is 1.70 bits per heavy atom. The minimum Gasteiger partial charge on any atom is -0.497 e. The van der Waals surface area contributed by atoms with Crippen LogP contribution in [0.15, 0.2) is 75.6 Å². The molecular formula is C21H21N3O4S2. The van der Waals surface area contributed by atoms with E-state index in [0.29, 0.717) is 11.6 Å². The van der Waals surface area contributed by atoms with E-state index >= 15 is 0 Å². The number of rotatable bonds is 8. The fraction of sp³-hybridized carbons (Fsp3) is 0.190. The van der Waals surface area contributed by atoms with Gasteiger partial charge in [0.15, 0.2) is 5.03 Å². The van der Waals surface area contributed by atoms with Crippen molar-refractivity contribution in [1.29, 1.82) is 0 Å². The number of carbonyl (C=O) groups excluding carboxylic acids is 1. The minimum absolute atomic E-state index is 0.125. The van der Waals surface area contributed by atoms with Gasteiger partial charge < -0.3 is 10.1 Å². The van der Waals surface area contributed by atoms with E-state index in [4.69, 9.17) is 4.74 Å². The van der Waals surface area contributed by atoms with Gasteiger partial charge in [0.2, 0.25) is 15.7 Å². The second-order valence-corrected chi connectivity index (χ2v) is 9.33. The summed E-state index contributed by atoms with van der Waals surface area (Å²) in [5.74, 6) is 0.746. The number of carbonyl (C=O) groups is 1. The SMILES string of the molecule is COc1ccc(CNC(=O)CSc2ccc(S(=O)(=O)c3ccc(C)cc3)nn2)cc1.